The van der Waals surface area contributed by atoms with Crippen molar-refractivity contribution in [3.8, 4) is 0 Å². The van der Waals surface area contributed by atoms with E-state index in [0.29, 0.717) is 0 Å². The number of hydrogen-bond acceptors (Lipinski definition) is 3. The van der Waals surface area contributed by atoms with E-state index in [9.17, 15) is 8.42 Å². The minimum Gasteiger partial charge on any atom is -0.207 e. The van der Waals surface area contributed by atoms with Gasteiger partial charge >= 0.3 is 0 Å². The first-order valence-electron chi connectivity index (χ1n) is 5.05. The van der Waals surface area contributed by atoms with Gasteiger partial charge in [-0.15, -0.1) is 11.3 Å². The van der Waals surface area contributed by atoms with Crippen molar-refractivity contribution in [2.24, 2.45) is 0 Å². The largest absolute Gasteiger partial charge is 0.241 e. The van der Waals surface area contributed by atoms with E-state index in [-0.39, 0.29) is 21.5 Å². The van der Waals surface area contributed by atoms with Gasteiger partial charge in [-0.25, -0.2) is 13.1 Å². The summed E-state index contributed by atoms with van der Waals surface area (Å²) in [7, 11) is -3.62. The summed E-state index contributed by atoms with van der Waals surface area (Å²) in [6.45, 7) is 0.225. The second-order valence-electron chi connectivity index (χ2n) is 3.66. The summed E-state index contributed by atoms with van der Waals surface area (Å²) in [5.74, 6) is 0. The van der Waals surface area contributed by atoms with Gasteiger partial charge in [0.2, 0.25) is 10.0 Å². The molecule has 0 aliphatic heterocycles. The molecule has 3 nitrogen and oxygen atoms in total. The third-order valence-corrected chi connectivity index (χ3v) is 5.72. The van der Waals surface area contributed by atoms with Crippen LogP contribution < -0.4 is 4.72 Å². The summed E-state index contributed by atoms with van der Waals surface area (Å²) >= 11 is 16.4. The zero-order valence-corrected chi connectivity index (χ0v) is 14.1. The van der Waals surface area contributed by atoms with Crippen molar-refractivity contribution in [3.63, 3.8) is 0 Å². The average molecular weight is 401 g/mol. The van der Waals surface area contributed by atoms with Gasteiger partial charge in [-0.2, -0.15) is 0 Å². The van der Waals surface area contributed by atoms with Crippen molar-refractivity contribution >= 4 is 60.5 Å². The van der Waals surface area contributed by atoms with Crippen LogP contribution in [0.1, 0.15) is 4.88 Å². The van der Waals surface area contributed by atoms with Crippen LogP contribution in [-0.4, -0.2) is 8.42 Å². The molecule has 19 heavy (non-hydrogen) atoms. The number of thiophene rings is 1. The molecule has 0 saturated heterocycles. The smallest absolute Gasteiger partial charge is 0.207 e. The zero-order valence-electron chi connectivity index (χ0n) is 9.36. The number of hydrogen-bond donors (Lipinski definition) is 1. The number of halogens is 3. The first-order chi connectivity index (χ1) is 8.87. The minimum absolute atomic E-state index is 0.0561. The van der Waals surface area contributed by atoms with Gasteiger partial charge in [0, 0.05) is 31.3 Å². The summed E-state index contributed by atoms with van der Waals surface area (Å²) in [6, 6.07) is 6.07. The van der Waals surface area contributed by atoms with Crippen LogP contribution in [0, 0.1) is 0 Å². The zero-order chi connectivity index (χ0) is 14.0. The second kappa shape index (κ2) is 6.11. The van der Waals surface area contributed by atoms with Gasteiger partial charge in [0.05, 0.1) is 4.90 Å². The molecule has 2 aromatic rings. The molecule has 0 saturated carbocycles. The fourth-order valence-electron chi connectivity index (χ4n) is 1.38. The van der Waals surface area contributed by atoms with Crippen LogP contribution in [-0.2, 0) is 16.6 Å². The molecule has 0 fully saturated rings. The molecule has 1 N–H and O–H groups in total. The SMILES string of the molecule is O=S(=O)(NCc1cc(Br)cs1)c1cc(Cl)cc(Cl)c1. The van der Waals surface area contributed by atoms with Gasteiger partial charge < -0.3 is 0 Å². The Morgan fingerprint density at radius 3 is 2.32 bits per heavy atom. The lowest BCUT2D eigenvalue weighted by Gasteiger charge is -2.06. The molecular formula is C11H8BrCl2NO2S2. The Bertz CT molecular complexity index is 680. The van der Waals surface area contributed by atoms with Gasteiger partial charge in [-0.3, -0.25) is 0 Å². The van der Waals surface area contributed by atoms with Crippen LogP contribution in [0.2, 0.25) is 10.0 Å². The van der Waals surface area contributed by atoms with Gasteiger partial charge in [-0.1, -0.05) is 23.2 Å². The summed E-state index contributed by atoms with van der Waals surface area (Å²) in [6.07, 6.45) is 0. The van der Waals surface area contributed by atoms with Crippen LogP contribution in [0.5, 0.6) is 0 Å². The number of rotatable bonds is 4. The molecule has 0 spiro atoms. The number of sulfonamides is 1. The van der Waals surface area contributed by atoms with Crippen molar-refractivity contribution < 1.29 is 8.42 Å². The van der Waals surface area contributed by atoms with Crippen molar-refractivity contribution in [3.05, 3.63) is 49.0 Å². The van der Waals surface area contributed by atoms with Crippen LogP contribution in [0.15, 0.2) is 39.0 Å². The lowest BCUT2D eigenvalue weighted by Crippen LogP contribution is -2.22. The third-order valence-electron chi connectivity index (χ3n) is 2.20. The fraction of sp³-hybridized carbons (Fsp3) is 0.0909. The molecule has 102 valence electrons. The maximum Gasteiger partial charge on any atom is 0.241 e. The maximum absolute atomic E-state index is 12.1. The fourth-order valence-corrected chi connectivity index (χ4v) is 4.59. The van der Waals surface area contributed by atoms with E-state index in [1.165, 1.54) is 29.5 Å². The topological polar surface area (TPSA) is 46.2 Å². The van der Waals surface area contributed by atoms with E-state index in [1.807, 2.05) is 11.4 Å². The van der Waals surface area contributed by atoms with Gasteiger partial charge in [0.1, 0.15) is 0 Å². The summed E-state index contributed by atoms with van der Waals surface area (Å²) in [5, 5.41) is 2.46. The molecule has 0 atom stereocenters. The lowest BCUT2D eigenvalue weighted by atomic mass is 10.4. The Balaban J connectivity index is 2.18. The lowest BCUT2D eigenvalue weighted by molar-refractivity contribution is 0.582. The molecule has 0 radical (unpaired) electrons. The molecule has 8 heteroatoms. The molecule has 0 aliphatic rings. The molecule has 0 unspecified atom stereocenters. The van der Waals surface area contributed by atoms with Crippen LogP contribution >= 0.6 is 50.5 Å². The summed E-state index contributed by atoms with van der Waals surface area (Å²) in [5.41, 5.74) is 0. The first-order valence-corrected chi connectivity index (χ1v) is 8.97. The molecule has 1 heterocycles. The monoisotopic (exact) mass is 399 g/mol. The van der Waals surface area contributed by atoms with Crippen molar-refractivity contribution in [2.75, 3.05) is 0 Å². The molecule has 0 amide bonds. The average Bonchev–Trinajstić information content (AvgIpc) is 2.71. The summed E-state index contributed by atoms with van der Waals surface area (Å²) in [4.78, 5) is 0.962. The Labute approximate surface area is 133 Å². The summed E-state index contributed by atoms with van der Waals surface area (Å²) < 4.78 is 27.6. The van der Waals surface area contributed by atoms with Crippen LogP contribution in [0.4, 0.5) is 0 Å². The Kier molecular flexibility index (Phi) is 4.92. The van der Waals surface area contributed by atoms with E-state index >= 15 is 0 Å². The Morgan fingerprint density at radius 1 is 1.16 bits per heavy atom. The van der Waals surface area contributed by atoms with Crippen molar-refractivity contribution in [1.29, 1.82) is 0 Å². The maximum atomic E-state index is 12.1. The Morgan fingerprint density at radius 2 is 1.79 bits per heavy atom. The predicted molar refractivity (Wildman–Crippen MR) is 82.5 cm³/mol. The van der Waals surface area contributed by atoms with Crippen LogP contribution in [0.25, 0.3) is 0 Å². The van der Waals surface area contributed by atoms with Gasteiger partial charge in [0.25, 0.3) is 0 Å². The highest BCUT2D eigenvalue weighted by Gasteiger charge is 2.15. The highest BCUT2D eigenvalue weighted by atomic mass is 79.9. The standard InChI is InChI=1S/C11H8BrCl2NO2S2/c12-7-1-10(18-6-7)5-15-19(16,17)11-3-8(13)2-9(14)4-11/h1-4,6,15H,5H2. The highest BCUT2D eigenvalue weighted by Crippen LogP contribution is 2.23. The molecule has 0 aliphatic carbocycles. The normalized spacial score (nSPS) is 11.7. The van der Waals surface area contributed by atoms with Crippen LogP contribution in [0.3, 0.4) is 0 Å². The van der Waals surface area contributed by atoms with E-state index < -0.39 is 10.0 Å². The molecule has 1 aromatic carbocycles. The van der Waals surface area contributed by atoms with E-state index in [1.54, 1.807) is 0 Å². The van der Waals surface area contributed by atoms with E-state index in [2.05, 4.69) is 20.7 Å². The first kappa shape index (κ1) is 15.3. The third kappa shape index (κ3) is 4.18. The van der Waals surface area contributed by atoms with Gasteiger partial charge in [-0.05, 0) is 40.2 Å². The number of benzene rings is 1. The van der Waals surface area contributed by atoms with E-state index in [4.69, 9.17) is 23.2 Å². The van der Waals surface area contributed by atoms with E-state index in [0.717, 1.165) is 9.35 Å². The van der Waals surface area contributed by atoms with Crippen molar-refractivity contribution in [1.82, 2.24) is 4.72 Å². The predicted octanol–water partition coefficient (Wildman–Crippen LogP) is 4.30. The molecule has 2 rings (SSSR count). The molecule has 0 bridgehead atoms. The molecule has 1 aromatic heterocycles. The second-order valence-corrected chi connectivity index (χ2v) is 8.21. The quantitative estimate of drug-likeness (QED) is 0.831. The Hall–Kier alpha value is -0.110. The number of nitrogens with one attached hydrogen (secondary N) is 1. The van der Waals surface area contributed by atoms with Gasteiger partial charge in [0.15, 0.2) is 0 Å². The molecular weight excluding hydrogens is 393 g/mol. The van der Waals surface area contributed by atoms with Crippen molar-refractivity contribution in [2.45, 2.75) is 11.4 Å². The minimum atomic E-state index is -3.62. The highest BCUT2D eigenvalue weighted by molar-refractivity contribution is 9.10.